The molecule has 0 heterocycles. The van der Waals surface area contributed by atoms with Crippen LogP contribution in [-0.4, -0.2) is 13.3 Å². The molecule has 0 atom stereocenters. The van der Waals surface area contributed by atoms with E-state index in [9.17, 15) is 22.4 Å². The van der Waals surface area contributed by atoms with Gasteiger partial charge >= 0.3 is 10.2 Å². The Bertz CT molecular complexity index is 530. The number of halogens is 2. The molecule has 15 heavy (non-hydrogen) atoms. The van der Waals surface area contributed by atoms with E-state index in [1.54, 1.807) is 0 Å². The van der Waals surface area contributed by atoms with Gasteiger partial charge < -0.3 is 5.73 Å². The molecule has 9 heteroatoms. The zero-order valence-corrected chi connectivity index (χ0v) is 9.38. The Labute approximate surface area is 92.4 Å². The van der Waals surface area contributed by atoms with Crippen LogP contribution in [0.4, 0.5) is 15.3 Å². The first-order chi connectivity index (χ1) is 6.73. The largest absolute Gasteiger partial charge is 0.392 e. The summed E-state index contributed by atoms with van der Waals surface area (Å²) in [4.78, 5) is 8.74. The predicted molar refractivity (Wildman–Crippen MR) is 53.5 cm³/mol. The third-order valence-corrected chi connectivity index (χ3v) is 3.01. The van der Waals surface area contributed by atoms with E-state index in [1.807, 2.05) is 0 Å². The van der Waals surface area contributed by atoms with Crippen LogP contribution in [0.2, 0.25) is 0 Å². The molecule has 1 aromatic rings. The van der Waals surface area contributed by atoms with Crippen molar-refractivity contribution in [1.82, 2.24) is 0 Å². The van der Waals surface area contributed by atoms with Crippen molar-refractivity contribution in [3.8, 4) is 0 Å². The molecule has 0 saturated carbocycles. The molecule has 0 fully saturated rings. The highest BCUT2D eigenvalue weighted by molar-refractivity contribution is 9.10. The molecule has 0 radical (unpaired) electrons. The number of nitrogen functional groups attached to an aromatic ring is 1. The van der Waals surface area contributed by atoms with Crippen molar-refractivity contribution in [3.63, 3.8) is 0 Å². The summed E-state index contributed by atoms with van der Waals surface area (Å²) in [5.41, 5.74) is 4.37. The van der Waals surface area contributed by atoms with E-state index in [1.165, 1.54) is 0 Å². The summed E-state index contributed by atoms with van der Waals surface area (Å²) in [5.74, 6) is 0. The van der Waals surface area contributed by atoms with Gasteiger partial charge in [-0.2, -0.15) is 8.42 Å². The number of nitro groups is 1. The number of hydrogen-bond donors (Lipinski definition) is 1. The Kier molecular flexibility index (Phi) is 2.95. The topological polar surface area (TPSA) is 103 Å². The highest BCUT2D eigenvalue weighted by atomic mass is 79.9. The lowest BCUT2D eigenvalue weighted by Crippen LogP contribution is -2.00. The lowest BCUT2D eigenvalue weighted by Gasteiger charge is -2.01. The van der Waals surface area contributed by atoms with Crippen LogP contribution in [0.15, 0.2) is 21.5 Å². The summed E-state index contributed by atoms with van der Waals surface area (Å²) in [5, 5.41) is 10.4. The maximum atomic E-state index is 12.6. The van der Waals surface area contributed by atoms with Gasteiger partial charge in [-0.05, 0) is 22.0 Å². The number of nitrogens with zero attached hydrogens (tertiary/aromatic N) is 1. The molecular weight excluding hydrogens is 295 g/mol. The van der Waals surface area contributed by atoms with Crippen molar-refractivity contribution < 1.29 is 17.2 Å². The number of nitrogens with two attached hydrogens (primary N) is 1. The number of hydrogen-bond acceptors (Lipinski definition) is 5. The number of benzene rings is 1. The van der Waals surface area contributed by atoms with E-state index in [-0.39, 0.29) is 10.2 Å². The average Bonchev–Trinajstić information content (AvgIpc) is 2.06. The normalized spacial score (nSPS) is 11.3. The van der Waals surface area contributed by atoms with Crippen LogP contribution < -0.4 is 5.73 Å². The van der Waals surface area contributed by atoms with Gasteiger partial charge in [0.25, 0.3) is 5.69 Å². The maximum absolute atomic E-state index is 12.6. The first kappa shape index (κ1) is 11.9. The van der Waals surface area contributed by atoms with Crippen LogP contribution in [0.3, 0.4) is 0 Å². The standard InChI is InChI=1S/C6H4BrFN2O4S/c7-4-1-3(15(8,13)14)2-5(6(4)9)10(11)12/h1-2H,9H2. The highest BCUT2D eigenvalue weighted by Gasteiger charge is 2.22. The SMILES string of the molecule is Nc1c(Br)cc(S(=O)(=O)F)cc1[N+](=O)[O-]. The molecule has 0 aliphatic heterocycles. The van der Waals surface area contributed by atoms with Crippen LogP contribution in [0, 0.1) is 10.1 Å². The van der Waals surface area contributed by atoms with Gasteiger partial charge in [0, 0.05) is 10.5 Å². The minimum Gasteiger partial charge on any atom is -0.392 e. The minimum atomic E-state index is -4.99. The van der Waals surface area contributed by atoms with E-state index in [0.717, 1.165) is 6.07 Å². The molecule has 0 aromatic heterocycles. The Morgan fingerprint density at radius 2 is 2.00 bits per heavy atom. The fourth-order valence-electron chi connectivity index (χ4n) is 0.871. The monoisotopic (exact) mass is 298 g/mol. The number of nitro benzene ring substituents is 1. The van der Waals surface area contributed by atoms with Crippen molar-refractivity contribution in [2.75, 3.05) is 5.73 Å². The maximum Gasteiger partial charge on any atom is 0.332 e. The lowest BCUT2D eigenvalue weighted by atomic mass is 10.3. The average molecular weight is 299 g/mol. The highest BCUT2D eigenvalue weighted by Crippen LogP contribution is 2.33. The summed E-state index contributed by atoms with van der Waals surface area (Å²) in [6, 6.07) is 1.42. The van der Waals surface area contributed by atoms with Crippen molar-refractivity contribution in [2.45, 2.75) is 4.90 Å². The number of anilines is 1. The summed E-state index contributed by atoms with van der Waals surface area (Å²) >= 11 is 2.80. The van der Waals surface area contributed by atoms with Crippen LogP contribution >= 0.6 is 15.9 Å². The quantitative estimate of drug-likeness (QED) is 0.386. The van der Waals surface area contributed by atoms with E-state index >= 15 is 0 Å². The Morgan fingerprint density at radius 1 is 1.47 bits per heavy atom. The van der Waals surface area contributed by atoms with Crippen LogP contribution in [-0.2, 0) is 10.2 Å². The second-order valence-corrected chi connectivity index (χ2v) is 4.73. The molecule has 0 bridgehead atoms. The van der Waals surface area contributed by atoms with Crippen molar-refractivity contribution in [2.24, 2.45) is 0 Å². The zero-order valence-electron chi connectivity index (χ0n) is 6.98. The second kappa shape index (κ2) is 3.74. The van der Waals surface area contributed by atoms with Gasteiger partial charge in [0.2, 0.25) is 0 Å². The third kappa shape index (κ3) is 2.42. The molecule has 1 rings (SSSR count). The molecular formula is C6H4BrFN2O4S. The Balaban J connectivity index is 3.57. The molecule has 0 aliphatic carbocycles. The zero-order chi connectivity index (χ0) is 11.8. The Morgan fingerprint density at radius 3 is 2.40 bits per heavy atom. The van der Waals surface area contributed by atoms with Crippen LogP contribution in [0.1, 0.15) is 0 Å². The van der Waals surface area contributed by atoms with Crippen molar-refractivity contribution in [3.05, 3.63) is 26.7 Å². The van der Waals surface area contributed by atoms with Gasteiger partial charge in [-0.1, -0.05) is 0 Å². The van der Waals surface area contributed by atoms with Crippen LogP contribution in [0.25, 0.3) is 0 Å². The smallest absolute Gasteiger partial charge is 0.332 e. The molecule has 0 unspecified atom stereocenters. The predicted octanol–water partition coefficient (Wildman–Crippen LogP) is 1.60. The first-order valence-electron chi connectivity index (χ1n) is 3.41. The van der Waals surface area contributed by atoms with Crippen LogP contribution in [0.5, 0.6) is 0 Å². The van der Waals surface area contributed by atoms with E-state index in [4.69, 9.17) is 5.73 Å². The van der Waals surface area contributed by atoms with Gasteiger partial charge in [-0.3, -0.25) is 10.1 Å². The summed E-state index contributed by atoms with van der Waals surface area (Å²) in [7, 11) is -4.99. The fourth-order valence-corrected chi connectivity index (χ4v) is 1.98. The fraction of sp³-hybridized carbons (Fsp3) is 0. The minimum absolute atomic E-state index is 0.0482. The van der Waals surface area contributed by atoms with Gasteiger partial charge in [0.1, 0.15) is 10.6 Å². The molecule has 1 aromatic carbocycles. The van der Waals surface area contributed by atoms with E-state index in [2.05, 4.69) is 15.9 Å². The van der Waals surface area contributed by atoms with Gasteiger partial charge in [0.15, 0.2) is 0 Å². The summed E-state index contributed by atoms with van der Waals surface area (Å²) in [6.07, 6.45) is 0. The van der Waals surface area contributed by atoms with Gasteiger partial charge in [0.05, 0.1) is 4.92 Å². The molecule has 82 valence electrons. The van der Waals surface area contributed by atoms with E-state index in [0.29, 0.717) is 6.07 Å². The first-order valence-corrected chi connectivity index (χ1v) is 5.59. The Hall–Kier alpha value is -1.22. The summed E-state index contributed by atoms with van der Waals surface area (Å²) in [6.45, 7) is 0. The number of rotatable bonds is 2. The molecule has 6 nitrogen and oxygen atoms in total. The lowest BCUT2D eigenvalue weighted by molar-refractivity contribution is -0.384. The van der Waals surface area contributed by atoms with Crippen molar-refractivity contribution in [1.29, 1.82) is 0 Å². The van der Waals surface area contributed by atoms with Gasteiger partial charge in [-0.25, -0.2) is 0 Å². The molecule has 0 saturated heterocycles. The van der Waals surface area contributed by atoms with E-state index < -0.39 is 25.7 Å². The molecule has 0 aliphatic rings. The second-order valence-electron chi connectivity index (χ2n) is 2.53. The van der Waals surface area contributed by atoms with Crippen molar-refractivity contribution >= 4 is 37.5 Å². The summed E-state index contributed by atoms with van der Waals surface area (Å²) < 4.78 is 33.6. The molecule has 0 spiro atoms. The molecule has 2 N–H and O–H groups in total. The third-order valence-electron chi connectivity index (χ3n) is 1.56. The molecule has 0 amide bonds. The van der Waals surface area contributed by atoms with Gasteiger partial charge in [-0.15, -0.1) is 3.89 Å².